The van der Waals surface area contributed by atoms with Gasteiger partial charge in [-0.2, -0.15) is 0 Å². The Balaban J connectivity index is 0. The summed E-state index contributed by atoms with van der Waals surface area (Å²) in [5.74, 6) is 0. The summed E-state index contributed by atoms with van der Waals surface area (Å²) >= 11 is 0. The molecule has 0 saturated heterocycles. The summed E-state index contributed by atoms with van der Waals surface area (Å²) in [5, 5.41) is 0. The van der Waals surface area contributed by atoms with Gasteiger partial charge in [0.25, 0.3) is 0 Å². The van der Waals surface area contributed by atoms with E-state index in [1.165, 1.54) is 16.7 Å². The van der Waals surface area contributed by atoms with Gasteiger partial charge in [0, 0.05) is 6.04 Å². The van der Waals surface area contributed by atoms with Gasteiger partial charge in [0.1, 0.15) is 0 Å². The summed E-state index contributed by atoms with van der Waals surface area (Å²) in [6, 6.07) is 8.90. The van der Waals surface area contributed by atoms with Crippen molar-refractivity contribution in [1.82, 2.24) is 0 Å². The zero-order chi connectivity index (χ0) is 17.1. The van der Waals surface area contributed by atoms with Gasteiger partial charge in [0.15, 0.2) is 0 Å². The maximum absolute atomic E-state index is 6.15. The first-order valence-electron chi connectivity index (χ1n) is 8.29. The number of allylic oxidation sites excluding steroid dienone is 1. The largest absolute Gasteiger partial charge is 0.324 e. The van der Waals surface area contributed by atoms with Crippen molar-refractivity contribution < 1.29 is 0 Å². The predicted molar refractivity (Wildman–Crippen MR) is 98.9 cm³/mol. The van der Waals surface area contributed by atoms with E-state index in [1.807, 2.05) is 27.7 Å². The van der Waals surface area contributed by atoms with E-state index in [4.69, 9.17) is 5.73 Å². The molecule has 0 bridgehead atoms. The lowest BCUT2D eigenvalue weighted by atomic mass is 9.79. The van der Waals surface area contributed by atoms with Crippen LogP contribution in [0.3, 0.4) is 0 Å². The minimum absolute atomic E-state index is 0.124. The Bertz CT molecular complexity index is 381. The standard InChI is InChI=1S/C16H25N.2C2H6/c1-12(2)10-15(17)11-16(4,5)14-8-6-13(3)7-9-14;2*1-2/h6-10,15H,11,17H2,1-5H3;2*1-2H3. The minimum Gasteiger partial charge on any atom is -0.324 e. The molecule has 0 heterocycles. The summed E-state index contributed by atoms with van der Waals surface area (Å²) < 4.78 is 0. The number of aryl methyl sites for hydroxylation is 1. The third-order valence-electron chi connectivity index (χ3n) is 3.13. The smallest absolute Gasteiger partial charge is 0.0234 e. The summed E-state index contributed by atoms with van der Waals surface area (Å²) in [6.45, 7) is 18.8. The van der Waals surface area contributed by atoms with Crippen molar-refractivity contribution in [2.45, 2.75) is 80.2 Å². The van der Waals surface area contributed by atoms with Crippen molar-refractivity contribution in [3.63, 3.8) is 0 Å². The van der Waals surface area contributed by atoms with Gasteiger partial charge < -0.3 is 5.73 Å². The third kappa shape index (κ3) is 9.47. The molecule has 0 spiro atoms. The van der Waals surface area contributed by atoms with Gasteiger partial charge in [-0.1, -0.05) is 83.0 Å². The summed E-state index contributed by atoms with van der Waals surface area (Å²) in [7, 11) is 0. The maximum atomic E-state index is 6.15. The second-order valence-corrected chi connectivity index (χ2v) is 5.86. The van der Waals surface area contributed by atoms with Crippen LogP contribution in [-0.2, 0) is 5.41 Å². The molecule has 1 rings (SSSR count). The molecule has 0 fully saturated rings. The summed E-state index contributed by atoms with van der Waals surface area (Å²) in [4.78, 5) is 0. The molecule has 1 nitrogen and oxygen atoms in total. The Hall–Kier alpha value is -1.08. The number of rotatable bonds is 4. The lowest BCUT2D eigenvalue weighted by molar-refractivity contribution is 0.454. The fourth-order valence-electron chi connectivity index (χ4n) is 2.20. The highest BCUT2D eigenvalue weighted by Crippen LogP contribution is 2.28. The number of hydrogen-bond acceptors (Lipinski definition) is 1. The fraction of sp³-hybridized carbons (Fsp3) is 0.600. The SMILES string of the molecule is CC.CC.CC(C)=CC(N)CC(C)(C)c1ccc(C)cc1. The van der Waals surface area contributed by atoms with Gasteiger partial charge in [-0.3, -0.25) is 0 Å². The lowest BCUT2D eigenvalue weighted by Gasteiger charge is -2.28. The van der Waals surface area contributed by atoms with E-state index < -0.39 is 0 Å². The Kier molecular flexibility index (Phi) is 12.2. The van der Waals surface area contributed by atoms with Crippen LogP contribution in [0.25, 0.3) is 0 Å². The van der Waals surface area contributed by atoms with Crippen LogP contribution in [0.15, 0.2) is 35.9 Å². The molecule has 1 aromatic carbocycles. The van der Waals surface area contributed by atoms with Gasteiger partial charge in [-0.05, 0) is 38.2 Å². The first-order valence-corrected chi connectivity index (χ1v) is 8.29. The Morgan fingerprint density at radius 2 is 1.48 bits per heavy atom. The van der Waals surface area contributed by atoms with Gasteiger partial charge >= 0.3 is 0 Å². The van der Waals surface area contributed by atoms with Crippen molar-refractivity contribution >= 4 is 0 Å². The Labute approximate surface area is 133 Å². The van der Waals surface area contributed by atoms with Crippen LogP contribution in [0.1, 0.15) is 72.9 Å². The van der Waals surface area contributed by atoms with E-state index in [-0.39, 0.29) is 11.5 Å². The molecule has 0 aliphatic rings. The van der Waals surface area contributed by atoms with Crippen LogP contribution < -0.4 is 5.73 Å². The highest BCUT2D eigenvalue weighted by atomic mass is 14.6. The highest BCUT2D eigenvalue weighted by molar-refractivity contribution is 5.28. The normalized spacial score (nSPS) is 11.3. The van der Waals surface area contributed by atoms with Gasteiger partial charge in [0.2, 0.25) is 0 Å². The number of nitrogens with two attached hydrogens (primary N) is 1. The van der Waals surface area contributed by atoms with Gasteiger partial charge in [-0.25, -0.2) is 0 Å². The maximum Gasteiger partial charge on any atom is 0.0234 e. The molecule has 2 N–H and O–H groups in total. The molecule has 0 amide bonds. The molecule has 1 aromatic rings. The molecule has 122 valence electrons. The van der Waals surface area contributed by atoms with E-state index in [2.05, 4.69) is 65.0 Å². The quantitative estimate of drug-likeness (QED) is 0.675. The van der Waals surface area contributed by atoms with Crippen LogP contribution in [-0.4, -0.2) is 6.04 Å². The van der Waals surface area contributed by atoms with Crippen LogP contribution in [0.2, 0.25) is 0 Å². The molecule has 1 unspecified atom stereocenters. The van der Waals surface area contributed by atoms with Gasteiger partial charge in [-0.15, -0.1) is 0 Å². The van der Waals surface area contributed by atoms with E-state index in [0.717, 1.165) is 6.42 Å². The van der Waals surface area contributed by atoms with Crippen LogP contribution >= 0.6 is 0 Å². The van der Waals surface area contributed by atoms with E-state index >= 15 is 0 Å². The molecule has 21 heavy (non-hydrogen) atoms. The highest BCUT2D eigenvalue weighted by Gasteiger charge is 2.22. The Morgan fingerprint density at radius 1 is 1.05 bits per heavy atom. The predicted octanol–water partition coefficient (Wildman–Crippen LogP) is 6.01. The average molecular weight is 292 g/mol. The molecule has 1 heteroatoms. The monoisotopic (exact) mass is 291 g/mol. The second-order valence-electron chi connectivity index (χ2n) is 5.86. The van der Waals surface area contributed by atoms with Crippen molar-refractivity contribution in [2.75, 3.05) is 0 Å². The van der Waals surface area contributed by atoms with E-state index in [9.17, 15) is 0 Å². The topological polar surface area (TPSA) is 26.0 Å². The molecule has 0 aliphatic heterocycles. The lowest BCUT2D eigenvalue weighted by Crippen LogP contribution is -2.29. The van der Waals surface area contributed by atoms with Crippen LogP contribution in [0.5, 0.6) is 0 Å². The summed E-state index contributed by atoms with van der Waals surface area (Å²) in [5.41, 5.74) is 10.2. The molecule has 1 atom stereocenters. The van der Waals surface area contributed by atoms with Crippen molar-refractivity contribution in [3.05, 3.63) is 47.0 Å². The van der Waals surface area contributed by atoms with E-state index in [0.29, 0.717) is 0 Å². The fourth-order valence-corrected chi connectivity index (χ4v) is 2.20. The molecule has 0 saturated carbocycles. The third-order valence-corrected chi connectivity index (χ3v) is 3.13. The molecular weight excluding hydrogens is 254 g/mol. The number of hydrogen-bond donors (Lipinski definition) is 1. The van der Waals surface area contributed by atoms with Crippen molar-refractivity contribution in [1.29, 1.82) is 0 Å². The molecular formula is C20H37N. The zero-order valence-corrected chi connectivity index (χ0v) is 15.7. The summed E-state index contributed by atoms with van der Waals surface area (Å²) in [6.07, 6.45) is 3.12. The average Bonchev–Trinajstić information content (AvgIpc) is 2.42. The van der Waals surface area contributed by atoms with Crippen LogP contribution in [0.4, 0.5) is 0 Å². The first-order chi connectivity index (χ1) is 9.81. The van der Waals surface area contributed by atoms with Crippen LogP contribution in [0, 0.1) is 6.92 Å². The molecule has 0 aliphatic carbocycles. The van der Waals surface area contributed by atoms with Crippen molar-refractivity contribution in [3.8, 4) is 0 Å². The molecule has 0 aromatic heterocycles. The second kappa shape index (κ2) is 11.6. The van der Waals surface area contributed by atoms with Gasteiger partial charge in [0.05, 0.1) is 0 Å². The number of benzene rings is 1. The molecule has 0 radical (unpaired) electrons. The zero-order valence-electron chi connectivity index (χ0n) is 15.7. The Morgan fingerprint density at radius 3 is 1.86 bits per heavy atom. The first kappa shape index (κ1) is 22.2. The van der Waals surface area contributed by atoms with Crippen molar-refractivity contribution in [2.24, 2.45) is 5.73 Å². The van der Waals surface area contributed by atoms with E-state index in [1.54, 1.807) is 0 Å². The minimum atomic E-state index is 0.124.